The van der Waals surface area contributed by atoms with Crippen molar-refractivity contribution < 1.29 is 8.42 Å². The molecule has 2 rings (SSSR count). The van der Waals surface area contributed by atoms with Gasteiger partial charge in [-0.15, -0.1) is 0 Å². The van der Waals surface area contributed by atoms with E-state index in [2.05, 4.69) is 0 Å². The van der Waals surface area contributed by atoms with Gasteiger partial charge in [0.1, 0.15) is 0 Å². The summed E-state index contributed by atoms with van der Waals surface area (Å²) in [5.41, 5.74) is 1.09. The van der Waals surface area contributed by atoms with Crippen molar-refractivity contribution in [2.45, 2.75) is 29.9 Å². The number of thioether (sulfide) groups is 1. The molecule has 0 bridgehead atoms. The number of sulfone groups is 1. The van der Waals surface area contributed by atoms with Gasteiger partial charge in [0.2, 0.25) is 0 Å². The van der Waals surface area contributed by atoms with Gasteiger partial charge in [-0.05, 0) is 37.7 Å². The van der Waals surface area contributed by atoms with E-state index in [1.807, 2.05) is 19.1 Å². The fourth-order valence-electron chi connectivity index (χ4n) is 1.86. The Hall–Kier alpha value is -0.480. The first-order valence-electron chi connectivity index (χ1n) is 5.49. The molecule has 0 aliphatic carbocycles. The van der Waals surface area contributed by atoms with Gasteiger partial charge in [0.05, 0.1) is 10.6 Å². The first-order valence-corrected chi connectivity index (χ1v) is 8.19. The second-order valence-corrected chi connectivity index (χ2v) is 7.67. The third-order valence-corrected chi connectivity index (χ3v) is 6.25. The lowest BCUT2D eigenvalue weighted by atomic mass is 10.2. The topological polar surface area (TPSA) is 34.1 Å². The van der Waals surface area contributed by atoms with E-state index in [0.717, 1.165) is 24.2 Å². The first kappa shape index (κ1) is 12.0. The summed E-state index contributed by atoms with van der Waals surface area (Å²) in [5, 5.41) is 0.298. The molecular weight excluding hydrogens is 240 g/mol. The third-order valence-electron chi connectivity index (χ3n) is 2.81. The van der Waals surface area contributed by atoms with Crippen LogP contribution in [-0.2, 0) is 9.84 Å². The highest BCUT2D eigenvalue weighted by Gasteiger charge is 2.24. The minimum absolute atomic E-state index is 0.292. The van der Waals surface area contributed by atoms with Crippen molar-refractivity contribution in [3.05, 3.63) is 29.8 Å². The van der Waals surface area contributed by atoms with Crippen LogP contribution in [0.5, 0.6) is 0 Å². The van der Waals surface area contributed by atoms with Gasteiger partial charge in [-0.3, -0.25) is 0 Å². The molecule has 1 atom stereocenters. The Morgan fingerprint density at radius 2 is 2.00 bits per heavy atom. The van der Waals surface area contributed by atoms with E-state index in [0.29, 0.717) is 15.9 Å². The second-order valence-electron chi connectivity index (χ2n) is 4.23. The molecule has 1 unspecified atom stereocenters. The molecule has 1 aliphatic heterocycles. The molecule has 1 aromatic rings. The van der Waals surface area contributed by atoms with E-state index < -0.39 is 9.84 Å². The molecule has 16 heavy (non-hydrogen) atoms. The molecule has 1 aromatic carbocycles. The van der Waals surface area contributed by atoms with Crippen LogP contribution in [0.4, 0.5) is 0 Å². The molecule has 1 saturated heterocycles. The molecule has 0 N–H and O–H groups in total. The van der Waals surface area contributed by atoms with Gasteiger partial charge in [0.25, 0.3) is 0 Å². The van der Waals surface area contributed by atoms with E-state index in [1.165, 1.54) is 0 Å². The Bertz CT molecular complexity index is 442. The minimum atomic E-state index is -3.08. The Morgan fingerprint density at radius 3 is 2.56 bits per heavy atom. The van der Waals surface area contributed by atoms with Gasteiger partial charge in [-0.25, -0.2) is 8.42 Å². The normalized spacial score (nSPS) is 21.2. The highest BCUT2D eigenvalue weighted by Crippen LogP contribution is 2.28. The molecule has 1 heterocycles. The van der Waals surface area contributed by atoms with Gasteiger partial charge in [-0.2, -0.15) is 11.8 Å². The lowest BCUT2D eigenvalue weighted by Gasteiger charge is -2.09. The summed E-state index contributed by atoms with van der Waals surface area (Å²) in [7, 11) is -3.08. The van der Waals surface area contributed by atoms with Crippen LogP contribution in [0, 0.1) is 6.92 Å². The predicted molar refractivity (Wildman–Crippen MR) is 68.7 cm³/mol. The Morgan fingerprint density at radius 1 is 1.31 bits per heavy atom. The van der Waals surface area contributed by atoms with Crippen molar-refractivity contribution in [2.24, 2.45) is 0 Å². The Labute approximate surface area is 101 Å². The van der Waals surface area contributed by atoms with Crippen LogP contribution in [0.2, 0.25) is 0 Å². The monoisotopic (exact) mass is 256 g/mol. The fourth-order valence-corrected chi connectivity index (χ4v) is 5.18. The highest BCUT2D eigenvalue weighted by molar-refractivity contribution is 8.01. The number of rotatable bonds is 3. The van der Waals surface area contributed by atoms with Crippen molar-refractivity contribution in [3.63, 3.8) is 0 Å². The van der Waals surface area contributed by atoms with Crippen LogP contribution in [0.15, 0.2) is 29.2 Å². The highest BCUT2D eigenvalue weighted by atomic mass is 32.2. The SMILES string of the molecule is Cc1ccc(S(=O)(=O)CC2CCCS2)cc1. The zero-order valence-electron chi connectivity index (χ0n) is 9.35. The Kier molecular flexibility index (Phi) is 3.60. The number of hydrogen-bond donors (Lipinski definition) is 0. The summed E-state index contributed by atoms with van der Waals surface area (Å²) >= 11 is 1.79. The molecule has 4 heteroatoms. The van der Waals surface area contributed by atoms with Crippen molar-refractivity contribution in [1.29, 1.82) is 0 Å². The molecule has 88 valence electrons. The lowest BCUT2D eigenvalue weighted by Crippen LogP contribution is -2.16. The zero-order valence-corrected chi connectivity index (χ0v) is 11.0. The van der Waals surface area contributed by atoms with Crippen molar-refractivity contribution in [2.75, 3.05) is 11.5 Å². The number of hydrogen-bond acceptors (Lipinski definition) is 3. The summed E-state index contributed by atoms with van der Waals surface area (Å²) in [6, 6.07) is 7.14. The number of aryl methyl sites for hydroxylation is 1. The molecule has 0 aromatic heterocycles. The van der Waals surface area contributed by atoms with Crippen LogP contribution in [0.1, 0.15) is 18.4 Å². The average molecular weight is 256 g/mol. The number of benzene rings is 1. The minimum Gasteiger partial charge on any atom is -0.224 e. The van der Waals surface area contributed by atoms with Gasteiger partial charge in [0, 0.05) is 5.25 Å². The maximum atomic E-state index is 12.1. The van der Waals surface area contributed by atoms with E-state index in [9.17, 15) is 8.42 Å². The van der Waals surface area contributed by atoms with Crippen molar-refractivity contribution in [1.82, 2.24) is 0 Å². The molecule has 0 radical (unpaired) electrons. The quantitative estimate of drug-likeness (QED) is 0.834. The van der Waals surface area contributed by atoms with Crippen LogP contribution in [0.3, 0.4) is 0 Å². The summed E-state index contributed by atoms with van der Waals surface area (Å²) in [6.45, 7) is 1.96. The van der Waals surface area contributed by atoms with Crippen molar-refractivity contribution >= 4 is 21.6 Å². The molecule has 1 fully saturated rings. The van der Waals surface area contributed by atoms with Gasteiger partial charge >= 0.3 is 0 Å². The van der Waals surface area contributed by atoms with E-state index in [-0.39, 0.29) is 0 Å². The molecule has 0 saturated carbocycles. The summed E-state index contributed by atoms with van der Waals surface area (Å²) in [5.74, 6) is 1.40. The maximum absolute atomic E-state index is 12.1. The van der Waals surface area contributed by atoms with Crippen molar-refractivity contribution in [3.8, 4) is 0 Å². The van der Waals surface area contributed by atoms with Gasteiger partial charge < -0.3 is 0 Å². The molecule has 0 amide bonds. The van der Waals surface area contributed by atoms with Gasteiger partial charge in [-0.1, -0.05) is 17.7 Å². The standard InChI is InChI=1S/C12H16O2S2/c1-10-4-6-12(7-5-10)16(13,14)9-11-3-2-8-15-11/h4-7,11H,2-3,8-9H2,1H3. The average Bonchev–Trinajstić information content (AvgIpc) is 2.70. The molecule has 1 aliphatic rings. The zero-order chi connectivity index (χ0) is 11.6. The van der Waals surface area contributed by atoms with Crippen LogP contribution in [0.25, 0.3) is 0 Å². The van der Waals surface area contributed by atoms with E-state index in [4.69, 9.17) is 0 Å². The van der Waals surface area contributed by atoms with Crippen LogP contribution >= 0.6 is 11.8 Å². The molecule has 0 spiro atoms. The van der Waals surface area contributed by atoms with E-state index in [1.54, 1.807) is 23.9 Å². The van der Waals surface area contributed by atoms with Crippen LogP contribution < -0.4 is 0 Å². The summed E-state index contributed by atoms with van der Waals surface area (Å²) in [6.07, 6.45) is 2.19. The molecule has 2 nitrogen and oxygen atoms in total. The van der Waals surface area contributed by atoms with E-state index >= 15 is 0 Å². The molecular formula is C12H16O2S2. The maximum Gasteiger partial charge on any atom is 0.179 e. The van der Waals surface area contributed by atoms with Crippen LogP contribution in [-0.4, -0.2) is 25.2 Å². The summed E-state index contributed by atoms with van der Waals surface area (Å²) < 4.78 is 24.2. The lowest BCUT2D eigenvalue weighted by molar-refractivity contribution is 0.593. The predicted octanol–water partition coefficient (Wildman–Crippen LogP) is 2.66. The largest absolute Gasteiger partial charge is 0.224 e. The summed E-state index contributed by atoms with van der Waals surface area (Å²) in [4.78, 5) is 0.464. The first-order chi connectivity index (χ1) is 7.58. The second kappa shape index (κ2) is 4.80. The Balaban J connectivity index is 2.14. The van der Waals surface area contributed by atoms with Gasteiger partial charge in [0.15, 0.2) is 9.84 Å². The smallest absolute Gasteiger partial charge is 0.179 e. The third kappa shape index (κ3) is 2.80. The fraction of sp³-hybridized carbons (Fsp3) is 0.500.